The van der Waals surface area contributed by atoms with E-state index in [0.29, 0.717) is 10.0 Å². The van der Waals surface area contributed by atoms with Crippen LogP contribution in [0.25, 0.3) is 0 Å². The Balaban J connectivity index is 1.86. The molecule has 0 spiro atoms. The minimum absolute atomic E-state index is 0.00377. The van der Waals surface area contributed by atoms with Crippen LogP contribution in [0.5, 0.6) is 0 Å². The highest BCUT2D eigenvalue weighted by Gasteiger charge is 2.13. The quantitative estimate of drug-likeness (QED) is 0.803. The molecule has 2 aromatic carbocycles. The molecule has 0 aliphatic heterocycles. The number of halogens is 2. The summed E-state index contributed by atoms with van der Waals surface area (Å²) in [6.07, 6.45) is 0. The van der Waals surface area contributed by atoms with Crippen molar-refractivity contribution in [1.82, 2.24) is 10.6 Å². The van der Waals surface area contributed by atoms with E-state index in [4.69, 9.17) is 23.2 Å². The Morgan fingerprint density at radius 3 is 2.48 bits per heavy atom. The third-order valence-electron chi connectivity index (χ3n) is 3.67. The van der Waals surface area contributed by atoms with Gasteiger partial charge >= 0.3 is 0 Å². The van der Waals surface area contributed by atoms with Crippen molar-refractivity contribution >= 4 is 29.1 Å². The third-order valence-corrected chi connectivity index (χ3v) is 4.25. The summed E-state index contributed by atoms with van der Waals surface area (Å²) in [6, 6.07) is 15.0. The fourth-order valence-corrected chi connectivity index (χ4v) is 2.83. The van der Waals surface area contributed by atoms with E-state index in [-0.39, 0.29) is 24.5 Å². The molecule has 2 N–H and O–H groups in total. The molecule has 0 saturated carbocycles. The Kier molecular flexibility index (Phi) is 6.46. The van der Waals surface area contributed by atoms with Crippen molar-refractivity contribution in [2.75, 3.05) is 6.54 Å². The highest BCUT2D eigenvalue weighted by Crippen LogP contribution is 2.22. The van der Waals surface area contributed by atoms with E-state index in [9.17, 15) is 4.79 Å². The van der Waals surface area contributed by atoms with Crippen LogP contribution in [0.3, 0.4) is 0 Å². The average Bonchev–Trinajstić information content (AvgIpc) is 2.53. The lowest BCUT2D eigenvalue weighted by molar-refractivity contribution is -0.121. The molecule has 0 radical (unpaired) electrons. The first-order valence-corrected chi connectivity index (χ1v) is 8.25. The minimum Gasteiger partial charge on any atom is -0.348 e. The summed E-state index contributed by atoms with van der Waals surface area (Å²) in [4.78, 5) is 12.1. The summed E-state index contributed by atoms with van der Waals surface area (Å²) in [5, 5.41) is 7.49. The standard InChI is InChI=1S/C18H20Cl2N2O/c1-12(14-6-5-7-15(19)10-14)22-18(23)11-21-13(2)16-8-3-4-9-17(16)20/h3-10,12-13,21H,11H2,1-2H3,(H,22,23)/t12-,13-/m1/s1. The van der Waals surface area contributed by atoms with Gasteiger partial charge < -0.3 is 10.6 Å². The topological polar surface area (TPSA) is 41.1 Å². The molecular formula is C18H20Cl2N2O. The normalized spacial score (nSPS) is 13.4. The van der Waals surface area contributed by atoms with Crippen molar-refractivity contribution in [1.29, 1.82) is 0 Å². The van der Waals surface area contributed by atoms with Gasteiger partial charge in [0.15, 0.2) is 0 Å². The van der Waals surface area contributed by atoms with Crippen molar-refractivity contribution in [3.63, 3.8) is 0 Å². The Morgan fingerprint density at radius 2 is 1.78 bits per heavy atom. The molecule has 2 atom stereocenters. The molecule has 5 heteroatoms. The molecule has 0 fully saturated rings. The molecule has 0 aromatic heterocycles. The van der Waals surface area contributed by atoms with Crippen molar-refractivity contribution < 1.29 is 4.79 Å². The summed E-state index contributed by atoms with van der Waals surface area (Å²) in [6.45, 7) is 4.13. The molecule has 0 aliphatic rings. The van der Waals surface area contributed by atoms with Gasteiger partial charge in [0.2, 0.25) is 5.91 Å². The molecule has 2 aromatic rings. The molecule has 2 rings (SSSR count). The van der Waals surface area contributed by atoms with Crippen LogP contribution in [0.2, 0.25) is 10.0 Å². The van der Waals surface area contributed by atoms with Crippen LogP contribution in [0.1, 0.15) is 37.1 Å². The zero-order valence-corrected chi connectivity index (χ0v) is 14.7. The second-order valence-electron chi connectivity index (χ2n) is 5.47. The maximum Gasteiger partial charge on any atom is 0.234 e. The second kappa shape index (κ2) is 8.34. The Hall–Kier alpha value is -1.55. The highest BCUT2D eigenvalue weighted by atomic mass is 35.5. The molecule has 122 valence electrons. The summed E-state index contributed by atoms with van der Waals surface area (Å²) in [5.41, 5.74) is 1.95. The second-order valence-corrected chi connectivity index (χ2v) is 6.31. The van der Waals surface area contributed by atoms with E-state index in [2.05, 4.69) is 10.6 Å². The van der Waals surface area contributed by atoms with Gasteiger partial charge in [0, 0.05) is 16.1 Å². The molecule has 3 nitrogen and oxygen atoms in total. The van der Waals surface area contributed by atoms with Gasteiger partial charge in [-0.1, -0.05) is 53.5 Å². The van der Waals surface area contributed by atoms with Crippen molar-refractivity contribution in [2.45, 2.75) is 25.9 Å². The summed E-state index contributed by atoms with van der Waals surface area (Å²) in [7, 11) is 0. The Bertz CT molecular complexity index is 676. The monoisotopic (exact) mass is 350 g/mol. The smallest absolute Gasteiger partial charge is 0.234 e. The summed E-state index contributed by atoms with van der Waals surface area (Å²) < 4.78 is 0. The third kappa shape index (κ3) is 5.24. The first-order chi connectivity index (χ1) is 11.0. The van der Waals surface area contributed by atoms with E-state index in [0.717, 1.165) is 11.1 Å². The maximum absolute atomic E-state index is 12.1. The molecule has 23 heavy (non-hydrogen) atoms. The molecule has 0 saturated heterocycles. The van der Waals surface area contributed by atoms with Crippen LogP contribution in [0.4, 0.5) is 0 Å². The van der Waals surface area contributed by atoms with Crippen LogP contribution in [0.15, 0.2) is 48.5 Å². The zero-order chi connectivity index (χ0) is 16.8. The number of rotatable bonds is 6. The summed E-state index contributed by atoms with van der Waals surface area (Å²) in [5.74, 6) is -0.0728. The number of benzene rings is 2. The fourth-order valence-electron chi connectivity index (χ4n) is 2.33. The molecular weight excluding hydrogens is 331 g/mol. The fraction of sp³-hybridized carbons (Fsp3) is 0.278. The number of carbonyl (C=O) groups is 1. The summed E-state index contributed by atoms with van der Waals surface area (Å²) >= 11 is 12.1. The molecule has 0 bridgehead atoms. The van der Waals surface area contributed by atoms with E-state index in [1.807, 2.05) is 62.4 Å². The predicted octanol–water partition coefficient (Wildman–Crippen LogP) is 4.52. The molecule has 1 amide bonds. The van der Waals surface area contributed by atoms with Crippen LogP contribution in [-0.4, -0.2) is 12.5 Å². The van der Waals surface area contributed by atoms with Gasteiger partial charge in [-0.05, 0) is 43.2 Å². The van der Waals surface area contributed by atoms with Gasteiger partial charge in [-0.25, -0.2) is 0 Å². The van der Waals surface area contributed by atoms with Crippen LogP contribution < -0.4 is 10.6 Å². The predicted molar refractivity (Wildman–Crippen MR) is 95.9 cm³/mol. The van der Waals surface area contributed by atoms with E-state index >= 15 is 0 Å². The van der Waals surface area contributed by atoms with Crippen molar-refractivity contribution in [2.24, 2.45) is 0 Å². The molecule has 0 unspecified atom stereocenters. The highest BCUT2D eigenvalue weighted by molar-refractivity contribution is 6.31. The zero-order valence-electron chi connectivity index (χ0n) is 13.1. The largest absolute Gasteiger partial charge is 0.348 e. The SMILES string of the molecule is C[C@@H](NC(=O)CN[C@H](C)c1ccccc1Cl)c1cccc(Cl)c1. The van der Waals surface area contributed by atoms with E-state index in [1.54, 1.807) is 0 Å². The number of amides is 1. The Morgan fingerprint density at radius 1 is 1.04 bits per heavy atom. The van der Waals surface area contributed by atoms with Gasteiger partial charge in [-0.2, -0.15) is 0 Å². The molecule has 0 heterocycles. The van der Waals surface area contributed by atoms with Gasteiger partial charge in [0.05, 0.1) is 12.6 Å². The minimum atomic E-state index is -0.0985. The average molecular weight is 351 g/mol. The van der Waals surface area contributed by atoms with Crippen LogP contribution in [0, 0.1) is 0 Å². The first-order valence-electron chi connectivity index (χ1n) is 7.50. The lowest BCUT2D eigenvalue weighted by Gasteiger charge is -2.18. The van der Waals surface area contributed by atoms with E-state index in [1.165, 1.54) is 0 Å². The maximum atomic E-state index is 12.1. The lowest BCUT2D eigenvalue weighted by Crippen LogP contribution is -2.36. The van der Waals surface area contributed by atoms with Crippen LogP contribution >= 0.6 is 23.2 Å². The van der Waals surface area contributed by atoms with Gasteiger partial charge in [0.25, 0.3) is 0 Å². The van der Waals surface area contributed by atoms with Crippen LogP contribution in [-0.2, 0) is 4.79 Å². The lowest BCUT2D eigenvalue weighted by atomic mass is 10.1. The van der Waals surface area contributed by atoms with Crippen molar-refractivity contribution in [3.8, 4) is 0 Å². The van der Waals surface area contributed by atoms with Crippen molar-refractivity contribution in [3.05, 3.63) is 69.7 Å². The number of carbonyl (C=O) groups excluding carboxylic acids is 1. The van der Waals surface area contributed by atoms with Gasteiger partial charge in [-0.15, -0.1) is 0 Å². The number of hydrogen-bond acceptors (Lipinski definition) is 2. The van der Waals surface area contributed by atoms with Gasteiger partial charge in [-0.3, -0.25) is 4.79 Å². The van der Waals surface area contributed by atoms with Gasteiger partial charge in [0.1, 0.15) is 0 Å². The first kappa shape index (κ1) is 17.8. The molecule has 0 aliphatic carbocycles. The number of hydrogen-bond donors (Lipinski definition) is 2. The Labute approximate surface area is 147 Å². The number of nitrogens with one attached hydrogen (secondary N) is 2. The van der Waals surface area contributed by atoms with E-state index < -0.39 is 0 Å².